The predicted molar refractivity (Wildman–Crippen MR) is 79.2 cm³/mol. The van der Waals surface area contributed by atoms with Gasteiger partial charge in [-0.25, -0.2) is 9.97 Å². The molecule has 0 aliphatic heterocycles. The number of hydrogen-bond acceptors (Lipinski definition) is 4. The van der Waals surface area contributed by atoms with Gasteiger partial charge in [0.15, 0.2) is 5.75 Å². The Morgan fingerprint density at radius 1 is 1.10 bits per heavy atom. The Bertz CT molecular complexity index is 610. The SMILES string of the molecule is Nc1cccc(Cl)c1Oc1ncnc2c1CCCCC2. The molecule has 2 N–H and O–H groups in total. The number of nitrogen functional groups attached to an aromatic ring is 1. The minimum absolute atomic E-state index is 0.472. The molecule has 3 rings (SSSR count). The Morgan fingerprint density at radius 2 is 1.95 bits per heavy atom. The van der Waals surface area contributed by atoms with Gasteiger partial charge >= 0.3 is 0 Å². The van der Waals surface area contributed by atoms with Crippen molar-refractivity contribution in [2.24, 2.45) is 0 Å². The number of nitrogens with zero attached hydrogens (tertiary/aromatic N) is 2. The summed E-state index contributed by atoms with van der Waals surface area (Å²) in [6.45, 7) is 0. The fourth-order valence-electron chi connectivity index (χ4n) is 2.49. The third-order valence-electron chi connectivity index (χ3n) is 3.53. The number of benzene rings is 1. The van der Waals surface area contributed by atoms with Crippen molar-refractivity contribution in [2.75, 3.05) is 5.73 Å². The smallest absolute Gasteiger partial charge is 0.225 e. The molecule has 0 atom stereocenters. The van der Waals surface area contributed by atoms with Crippen molar-refractivity contribution in [3.63, 3.8) is 0 Å². The van der Waals surface area contributed by atoms with Gasteiger partial charge in [-0.1, -0.05) is 24.1 Å². The fraction of sp³-hybridized carbons (Fsp3) is 0.333. The summed E-state index contributed by atoms with van der Waals surface area (Å²) in [5.74, 6) is 1.05. The first-order valence-electron chi connectivity index (χ1n) is 6.80. The highest BCUT2D eigenvalue weighted by Crippen LogP contribution is 2.36. The van der Waals surface area contributed by atoms with Crippen molar-refractivity contribution in [3.05, 3.63) is 40.8 Å². The molecule has 0 radical (unpaired) electrons. The molecule has 1 aromatic heterocycles. The number of aromatic nitrogens is 2. The number of hydrogen-bond donors (Lipinski definition) is 1. The van der Waals surface area contributed by atoms with Crippen molar-refractivity contribution in [1.82, 2.24) is 9.97 Å². The topological polar surface area (TPSA) is 61.0 Å². The van der Waals surface area contributed by atoms with Crippen LogP contribution >= 0.6 is 11.6 Å². The largest absolute Gasteiger partial charge is 0.435 e. The number of rotatable bonds is 2. The van der Waals surface area contributed by atoms with Crippen LogP contribution in [-0.2, 0) is 12.8 Å². The van der Waals surface area contributed by atoms with Crippen LogP contribution in [0.3, 0.4) is 0 Å². The minimum Gasteiger partial charge on any atom is -0.435 e. The lowest BCUT2D eigenvalue weighted by Crippen LogP contribution is -2.02. The second kappa shape index (κ2) is 5.67. The van der Waals surface area contributed by atoms with E-state index in [0.717, 1.165) is 36.9 Å². The van der Waals surface area contributed by atoms with Gasteiger partial charge in [-0.15, -0.1) is 0 Å². The molecule has 1 aromatic carbocycles. The maximum Gasteiger partial charge on any atom is 0.225 e. The number of nitrogens with two attached hydrogens (primary N) is 1. The fourth-order valence-corrected chi connectivity index (χ4v) is 2.71. The van der Waals surface area contributed by atoms with E-state index in [1.165, 1.54) is 6.42 Å². The molecule has 104 valence electrons. The van der Waals surface area contributed by atoms with Crippen LogP contribution in [0.4, 0.5) is 5.69 Å². The second-order valence-electron chi connectivity index (χ2n) is 4.92. The summed E-state index contributed by atoms with van der Waals surface area (Å²) in [6.07, 6.45) is 6.98. The standard InChI is InChI=1S/C15H16ClN3O/c16-11-6-4-7-12(17)14(11)20-15-10-5-2-1-3-8-13(10)18-9-19-15/h4,6-7,9H,1-3,5,8,17H2. The Hall–Kier alpha value is -1.81. The van der Waals surface area contributed by atoms with Gasteiger partial charge < -0.3 is 10.5 Å². The lowest BCUT2D eigenvalue weighted by molar-refractivity contribution is 0.455. The molecular formula is C15H16ClN3O. The number of para-hydroxylation sites is 1. The Morgan fingerprint density at radius 3 is 2.80 bits per heavy atom. The zero-order chi connectivity index (χ0) is 13.9. The highest BCUT2D eigenvalue weighted by atomic mass is 35.5. The van der Waals surface area contributed by atoms with Gasteiger partial charge in [0.1, 0.15) is 6.33 Å². The minimum atomic E-state index is 0.472. The first-order chi connectivity index (χ1) is 9.75. The second-order valence-corrected chi connectivity index (χ2v) is 5.33. The molecule has 1 aliphatic rings. The number of anilines is 1. The summed E-state index contributed by atoms with van der Waals surface area (Å²) < 4.78 is 5.89. The lowest BCUT2D eigenvalue weighted by Gasteiger charge is -2.13. The quantitative estimate of drug-likeness (QED) is 0.675. The van der Waals surface area contributed by atoms with Crippen LogP contribution in [0.1, 0.15) is 30.5 Å². The summed E-state index contributed by atoms with van der Waals surface area (Å²) in [4.78, 5) is 8.63. The molecule has 2 aromatic rings. The lowest BCUT2D eigenvalue weighted by atomic mass is 10.1. The van der Waals surface area contributed by atoms with Crippen LogP contribution < -0.4 is 10.5 Å². The van der Waals surface area contributed by atoms with E-state index in [4.69, 9.17) is 22.1 Å². The van der Waals surface area contributed by atoms with E-state index in [1.807, 2.05) is 0 Å². The summed E-state index contributed by atoms with van der Waals surface area (Å²) in [6, 6.07) is 5.32. The highest BCUT2D eigenvalue weighted by molar-refractivity contribution is 6.32. The van der Waals surface area contributed by atoms with Crippen molar-refractivity contribution in [1.29, 1.82) is 0 Å². The molecule has 0 fully saturated rings. The highest BCUT2D eigenvalue weighted by Gasteiger charge is 2.17. The maximum absolute atomic E-state index is 6.15. The molecule has 0 saturated heterocycles. The summed E-state index contributed by atoms with van der Waals surface area (Å²) >= 11 is 6.15. The van der Waals surface area contributed by atoms with Crippen molar-refractivity contribution in [2.45, 2.75) is 32.1 Å². The van der Waals surface area contributed by atoms with Crippen LogP contribution in [0, 0.1) is 0 Å². The van der Waals surface area contributed by atoms with Crippen LogP contribution in [0.15, 0.2) is 24.5 Å². The van der Waals surface area contributed by atoms with E-state index in [2.05, 4.69) is 9.97 Å². The molecule has 0 unspecified atom stereocenters. The van der Waals surface area contributed by atoms with Crippen molar-refractivity contribution in [3.8, 4) is 11.6 Å². The van der Waals surface area contributed by atoms with Crippen molar-refractivity contribution >= 4 is 17.3 Å². The molecule has 1 aliphatic carbocycles. The monoisotopic (exact) mass is 289 g/mol. The van der Waals surface area contributed by atoms with E-state index in [0.29, 0.717) is 22.3 Å². The van der Waals surface area contributed by atoms with Gasteiger partial charge in [0.25, 0.3) is 0 Å². The summed E-state index contributed by atoms with van der Waals surface area (Å²) in [5, 5.41) is 0.492. The first-order valence-corrected chi connectivity index (χ1v) is 7.18. The summed E-state index contributed by atoms with van der Waals surface area (Å²) in [5.41, 5.74) is 8.60. The van der Waals surface area contributed by atoms with E-state index < -0.39 is 0 Å². The number of aryl methyl sites for hydroxylation is 1. The van der Waals surface area contributed by atoms with Gasteiger partial charge in [0, 0.05) is 5.56 Å². The van der Waals surface area contributed by atoms with E-state index in [-0.39, 0.29) is 0 Å². The zero-order valence-electron chi connectivity index (χ0n) is 11.1. The third-order valence-corrected chi connectivity index (χ3v) is 3.83. The summed E-state index contributed by atoms with van der Waals surface area (Å²) in [7, 11) is 0. The Labute approximate surface area is 123 Å². The Kier molecular flexibility index (Phi) is 3.74. The molecule has 0 bridgehead atoms. The van der Waals surface area contributed by atoms with Gasteiger partial charge in [0.2, 0.25) is 5.88 Å². The first kappa shape index (κ1) is 13.2. The molecule has 0 spiro atoms. The average Bonchev–Trinajstić information content (AvgIpc) is 2.69. The third kappa shape index (κ3) is 2.56. The molecule has 0 amide bonds. The van der Waals surface area contributed by atoms with Crippen LogP contribution in [0.2, 0.25) is 5.02 Å². The number of halogens is 1. The Balaban J connectivity index is 1.99. The molecule has 0 saturated carbocycles. The normalized spacial score (nSPS) is 14.4. The van der Waals surface area contributed by atoms with E-state index in [9.17, 15) is 0 Å². The number of ether oxygens (including phenoxy) is 1. The van der Waals surface area contributed by atoms with Crippen LogP contribution in [0.5, 0.6) is 11.6 Å². The number of fused-ring (bicyclic) bond motifs is 1. The molecule has 5 heteroatoms. The van der Waals surface area contributed by atoms with Gasteiger partial charge in [-0.3, -0.25) is 0 Å². The van der Waals surface area contributed by atoms with Gasteiger partial charge in [0.05, 0.1) is 16.4 Å². The molecular weight excluding hydrogens is 274 g/mol. The van der Waals surface area contributed by atoms with Crippen LogP contribution in [-0.4, -0.2) is 9.97 Å². The zero-order valence-corrected chi connectivity index (χ0v) is 11.9. The predicted octanol–water partition coefficient (Wildman–Crippen LogP) is 3.77. The van der Waals surface area contributed by atoms with Crippen molar-refractivity contribution < 1.29 is 4.74 Å². The van der Waals surface area contributed by atoms with E-state index in [1.54, 1.807) is 24.5 Å². The molecule has 4 nitrogen and oxygen atoms in total. The molecule has 1 heterocycles. The van der Waals surface area contributed by atoms with Gasteiger partial charge in [-0.2, -0.15) is 0 Å². The average molecular weight is 290 g/mol. The molecule has 20 heavy (non-hydrogen) atoms. The van der Waals surface area contributed by atoms with Gasteiger partial charge in [-0.05, 0) is 37.8 Å². The van der Waals surface area contributed by atoms with Crippen LogP contribution in [0.25, 0.3) is 0 Å². The van der Waals surface area contributed by atoms with E-state index >= 15 is 0 Å². The maximum atomic E-state index is 6.15.